The van der Waals surface area contributed by atoms with Crippen LogP contribution in [0, 0.1) is 12.8 Å². The number of nitrogens with one attached hydrogen (secondary N) is 1. The highest BCUT2D eigenvalue weighted by Gasteiger charge is 2.27. The summed E-state index contributed by atoms with van der Waals surface area (Å²) in [4.78, 5) is 29.6. The molecule has 8 nitrogen and oxygen atoms in total. The number of carbonyl (C=O) groups is 2. The Bertz CT molecular complexity index is 1060. The summed E-state index contributed by atoms with van der Waals surface area (Å²) in [5.74, 6) is -0.462. The summed E-state index contributed by atoms with van der Waals surface area (Å²) >= 11 is 1.13. The van der Waals surface area contributed by atoms with Gasteiger partial charge in [-0.15, -0.1) is 0 Å². The van der Waals surface area contributed by atoms with Gasteiger partial charge in [-0.3, -0.25) is 4.79 Å². The van der Waals surface area contributed by atoms with Crippen LogP contribution in [0.4, 0.5) is 5.13 Å². The molecule has 1 aliphatic rings. The smallest absolute Gasteiger partial charge is 0.350 e. The summed E-state index contributed by atoms with van der Waals surface area (Å²) in [5.41, 5.74) is 0.838. The number of benzene rings is 1. The molecule has 10 heteroatoms. The van der Waals surface area contributed by atoms with Crippen molar-refractivity contribution in [2.24, 2.45) is 5.92 Å². The molecule has 3 rings (SSSR count). The first kappa shape index (κ1) is 23.4. The van der Waals surface area contributed by atoms with Gasteiger partial charge >= 0.3 is 5.97 Å². The van der Waals surface area contributed by atoms with E-state index in [9.17, 15) is 18.0 Å². The maximum absolute atomic E-state index is 12.7. The van der Waals surface area contributed by atoms with Gasteiger partial charge in [-0.2, -0.15) is 4.31 Å². The summed E-state index contributed by atoms with van der Waals surface area (Å²) in [7, 11) is -3.59. The predicted octanol–water partition coefficient (Wildman–Crippen LogP) is 3.34. The molecule has 1 saturated heterocycles. The average Bonchev–Trinajstić information content (AvgIpc) is 3.40. The maximum Gasteiger partial charge on any atom is 0.350 e. The van der Waals surface area contributed by atoms with Crippen LogP contribution >= 0.6 is 11.3 Å². The molecule has 0 saturated carbocycles. The van der Waals surface area contributed by atoms with Crippen molar-refractivity contribution in [2.45, 2.75) is 38.5 Å². The Morgan fingerprint density at radius 3 is 2.65 bits per heavy atom. The van der Waals surface area contributed by atoms with Crippen molar-refractivity contribution in [3.63, 3.8) is 0 Å². The molecule has 1 aromatic heterocycles. The molecule has 0 bridgehead atoms. The molecule has 1 fully saturated rings. The third kappa shape index (κ3) is 5.69. The van der Waals surface area contributed by atoms with E-state index in [1.807, 2.05) is 13.8 Å². The van der Waals surface area contributed by atoms with Crippen LogP contribution in [0.3, 0.4) is 0 Å². The lowest BCUT2D eigenvalue weighted by molar-refractivity contribution is 0.0463. The van der Waals surface area contributed by atoms with E-state index < -0.39 is 16.0 Å². The number of aryl methyl sites for hydroxylation is 1. The first-order valence-corrected chi connectivity index (χ1v) is 12.5. The number of nitrogens with zero attached hydrogens (tertiary/aromatic N) is 2. The molecule has 1 N–H and O–H groups in total. The zero-order valence-corrected chi connectivity index (χ0v) is 19.5. The minimum atomic E-state index is -3.59. The van der Waals surface area contributed by atoms with Crippen molar-refractivity contribution in [1.82, 2.24) is 9.29 Å². The Kier molecular flexibility index (Phi) is 7.45. The van der Waals surface area contributed by atoms with Gasteiger partial charge in [-0.1, -0.05) is 37.3 Å². The molecule has 0 spiro atoms. The fraction of sp³-hybridized carbons (Fsp3) is 0.476. The summed E-state index contributed by atoms with van der Waals surface area (Å²) in [6.07, 6.45) is 1.70. The number of hydrogen-bond donors (Lipinski definition) is 1. The zero-order chi connectivity index (χ0) is 22.6. The van der Waals surface area contributed by atoms with Gasteiger partial charge in [0, 0.05) is 18.7 Å². The SMILES string of the molecule is Cc1nc(NCC(=O)c2cccc(S(=O)(=O)N3CCCC3)c2)sc1C(=O)OCC(C)C. The molecule has 168 valence electrons. The van der Waals surface area contributed by atoms with Gasteiger partial charge in [-0.25, -0.2) is 18.2 Å². The fourth-order valence-corrected chi connectivity index (χ4v) is 5.55. The molecule has 31 heavy (non-hydrogen) atoms. The topological polar surface area (TPSA) is 106 Å². The molecule has 0 aliphatic carbocycles. The second-order valence-corrected chi connectivity index (χ2v) is 10.8. The van der Waals surface area contributed by atoms with E-state index >= 15 is 0 Å². The van der Waals surface area contributed by atoms with E-state index in [0.29, 0.717) is 41.0 Å². The third-order valence-corrected chi connectivity index (χ3v) is 7.78. The first-order chi connectivity index (χ1) is 14.7. The van der Waals surface area contributed by atoms with Crippen molar-refractivity contribution < 1.29 is 22.7 Å². The standard InChI is InChI=1S/C21H27N3O5S2/c1-14(2)13-29-20(26)19-15(3)23-21(30-19)22-12-18(25)16-7-6-8-17(11-16)31(27,28)24-9-4-5-10-24/h6-8,11,14H,4-5,9-10,12-13H2,1-3H3,(H,22,23). The Hall–Kier alpha value is -2.30. The van der Waals surface area contributed by atoms with Gasteiger partial charge in [0.15, 0.2) is 10.9 Å². The lowest BCUT2D eigenvalue weighted by Crippen LogP contribution is -2.28. The van der Waals surface area contributed by atoms with Crippen LogP contribution in [0.2, 0.25) is 0 Å². The summed E-state index contributed by atoms with van der Waals surface area (Å²) in [6.45, 7) is 6.89. The number of esters is 1. The summed E-state index contributed by atoms with van der Waals surface area (Å²) < 4.78 is 32.2. The number of ketones is 1. The van der Waals surface area contributed by atoms with E-state index in [0.717, 1.165) is 24.2 Å². The number of hydrogen-bond acceptors (Lipinski definition) is 8. The molecule has 0 unspecified atom stereocenters. The lowest BCUT2D eigenvalue weighted by atomic mass is 10.1. The fourth-order valence-electron chi connectivity index (χ4n) is 3.13. The van der Waals surface area contributed by atoms with Crippen molar-refractivity contribution in [3.8, 4) is 0 Å². The first-order valence-electron chi connectivity index (χ1n) is 10.2. The van der Waals surface area contributed by atoms with E-state index in [-0.39, 0.29) is 23.1 Å². The number of anilines is 1. The summed E-state index contributed by atoms with van der Waals surface area (Å²) in [6, 6.07) is 6.10. The average molecular weight is 466 g/mol. The van der Waals surface area contributed by atoms with Crippen LogP contribution in [0.5, 0.6) is 0 Å². The number of Topliss-reactive ketones (excluding diaryl/α,β-unsaturated/α-hetero) is 1. The Labute approximate surface area is 186 Å². The number of carbonyl (C=O) groups excluding carboxylic acids is 2. The maximum atomic E-state index is 12.7. The molecule has 0 radical (unpaired) electrons. The number of rotatable bonds is 9. The van der Waals surface area contributed by atoms with Crippen LogP contribution in [-0.4, -0.2) is 55.7 Å². The monoisotopic (exact) mass is 465 g/mol. The van der Waals surface area contributed by atoms with Gasteiger partial charge in [0.1, 0.15) is 4.88 Å². The van der Waals surface area contributed by atoms with Crippen LogP contribution in [-0.2, 0) is 14.8 Å². The molecular weight excluding hydrogens is 438 g/mol. The van der Waals surface area contributed by atoms with Crippen LogP contribution in [0.15, 0.2) is 29.2 Å². The molecule has 2 heterocycles. The highest BCUT2D eigenvalue weighted by molar-refractivity contribution is 7.89. The Balaban J connectivity index is 1.65. The van der Waals surface area contributed by atoms with E-state index in [4.69, 9.17) is 4.74 Å². The van der Waals surface area contributed by atoms with Crippen molar-refractivity contribution in [2.75, 3.05) is 31.6 Å². The van der Waals surface area contributed by atoms with Crippen molar-refractivity contribution >= 4 is 38.2 Å². The van der Waals surface area contributed by atoms with Crippen molar-refractivity contribution in [1.29, 1.82) is 0 Å². The van der Waals surface area contributed by atoms with Gasteiger partial charge in [0.05, 0.1) is 23.7 Å². The Morgan fingerprint density at radius 2 is 1.97 bits per heavy atom. The predicted molar refractivity (Wildman–Crippen MR) is 119 cm³/mol. The van der Waals surface area contributed by atoms with Gasteiger partial charge in [-0.05, 0) is 37.8 Å². The second kappa shape index (κ2) is 9.88. The molecule has 1 aliphatic heterocycles. The zero-order valence-electron chi connectivity index (χ0n) is 17.9. The largest absolute Gasteiger partial charge is 0.461 e. The summed E-state index contributed by atoms with van der Waals surface area (Å²) in [5, 5.41) is 3.36. The van der Waals surface area contributed by atoms with Crippen molar-refractivity contribution in [3.05, 3.63) is 40.4 Å². The van der Waals surface area contributed by atoms with E-state index in [1.54, 1.807) is 19.1 Å². The molecule has 1 aromatic carbocycles. The second-order valence-electron chi connectivity index (χ2n) is 7.84. The van der Waals surface area contributed by atoms with Gasteiger partial charge < -0.3 is 10.1 Å². The highest BCUT2D eigenvalue weighted by Crippen LogP contribution is 2.24. The number of ether oxygens (including phenoxy) is 1. The van der Waals surface area contributed by atoms with Crippen LogP contribution in [0.25, 0.3) is 0 Å². The minimum Gasteiger partial charge on any atom is -0.461 e. The molecule has 0 atom stereocenters. The Morgan fingerprint density at radius 1 is 1.26 bits per heavy atom. The lowest BCUT2D eigenvalue weighted by Gasteiger charge is -2.15. The normalized spacial score (nSPS) is 14.7. The van der Waals surface area contributed by atoms with Crippen LogP contribution in [0.1, 0.15) is 52.4 Å². The van der Waals surface area contributed by atoms with Crippen LogP contribution < -0.4 is 5.32 Å². The van der Waals surface area contributed by atoms with E-state index in [2.05, 4.69) is 10.3 Å². The van der Waals surface area contributed by atoms with Gasteiger partial charge in [0.25, 0.3) is 0 Å². The van der Waals surface area contributed by atoms with Gasteiger partial charge in [0.2, 0.25) is 10.0 Å². The quantitative estimate of drug-likeness (QED) is 0.447. The number of aromatic nitrogens is 1. The molecular formula is C21H27N3O5S2. The third-order valence-electron chi connectivity index (χ3n) is 4.79. The highest BCUT2D eigenvalue weighted by atomic mass is 32.2. The molecule has 2 aromatic rings. The minimum absolute atomic E-state index is 0.0688. The van der Waals surface area contributed by atoms with E-state index in [1.165, 1.54) is 16.4 Å². The number of sulfonamides is 1. The molecule has 0 amide bonds. The number of thiazole rings is 1.